The molecule has 3 rings (SSSR count). The van der Waals surface area contributed by atoms with Gasteiger partial charge in [-0.15, -0.1) is 0 Å². The van der Waals surface area contributed by atoms with Crippen LogP contribution in [0.15, 0.2) is 24.3 Å². The van der Waals surface area contributed by atoms with Gasteiger partial charge in [0.05, 0.1) is 6.61 Å². The molecule has 2 N–H and O–H groups in total. The zero-order chi connectivity index (χ0) is 15.7. The number of carbonyl (C=O) groups is 2. The van der Waals surface area contributed by atoms with Gasteiger partial charge in [-0.3, -0.25) is 4.79 Å². The predicted molar refractivity (Wildman–Crippen MR) is 81.0 cm³/mol. The molecule has 118 valence electrons. The molecule has 2 aliphatic heterocycles. The Morgan fingerprint density at radius 3 is 2.73 bits per heavy atom. The molecule has 2 fully saturated rings. The van der Waals surface area contributed by atoms with Crippen molar-refractivity contribution in [2.45, 2.75) is 6.42 Å². The number of carboxylic acid groups (broad SMARTS) is 1. The summed E-state index contributed by atoms with van der Waals surface area (Å²) >= 11 is 5.81. The maximum atomic E-state index is 12.4. The van der Waals surface area contributed by atoms with Gasteiger partial charge in [0.15, 0.2) is 0 Å². The van der Waals surface area contributed by atoms with Crippen LogP contribution in [0.25, 0.3) is 0 Å². The molecule has 0 aliphatic carbocycles. The number of likely N-dealkylation sites (tertiary alicyclic amines) is 1. The van der Waals surface area contributed by atoms with Gasteiger partial charge in [-0.2, -0.15) is 0 Å². The van der Waals surface area contributed by atoms with Crippen molar-refractivity contribution in [2.75, 3.05) is 31.6 Å². The van der Waals surface area contributed by atoms with E-state index >= 15 is 0 Å². The lowest BCUT2D eigenvalue weighted by atomic mass is 9.76. The van der Waals surface area contributed by atoms with Crippen LogP contribution < -0.4 is 5.32 Å². The third kappa shape index (κ3) is 2.64. The minimum Gasteiger partial charge on any atom is -0.481 e. The van der Waals surface area contributed by atoms with Gasteiger partial charge in [-0.25, -0.2) is 4.79 Å². The lowest BCUT2D eigenvalue weighted by Gasteiger charge is -2.33. The zero-order valence-corrected chi connectivity index (χ0v) is 12.7. The zero-order valence-electron chi connectivity index (χ0n) is 11.9. The molecule has 0 spiro atoms. The highest BCUT2D eigenvalue weighted by atomic mass is 35.5. The number of urea groups is 1. The highest BCUT2D eigenvalue weighted by Crippen LogP contribution is 2.41. The van der Waals surface area contributed by atoms with Gasteiger partial charge >= 0.3 is 12.0 Å². The van der Waals surface area contributed by atoms with Crippen LogP contribution in [0.4, 0.5) is 10.5 Å². The van der Waals surface area contributed by atoms with Crippen molar-refractivity contribution in [1.82, 2.24) is 4.90 Å². The number of carboxylic acids is 1. The summed E-state index contributed by atoms with van der Waals surface area (Å²) in [6, 6.07) is 6.50. The van der Waals surface area contributed by atoms with Crippen LogP contribution in [0.2, 0.25) is 5.02 Å². The van der Waals surface area contributed by atoms with Gasteiger partial charge in [-0.05, 0) is 36.6 Å². The Kier molecular flexibility index (Phi) is 3.97. The second kappa shape index (κ2) is 5.78. The van der Waals surface area contributed by atoms with E-state index in [0.717, 1.165) is 0 Å². The SMILES string of the molecule is O=C(Nc1ccc(Cl)cc1)N1C[C@@H]2CCOC[C@]2(C(=O)O)C1. The second-order valence-electron chi connectivity index (χ2n) is 5.82. The largest absolute Gasteiger partial charge is 0.481 e. The van der Waals surface area contributed by atoms with Crippen LogP contribution >= 0.6 is 11.6 Å². The molecular formula is C15H17ClN2O4. The molecule has 0 bridgehead atoms. The molecule has 0 aromatic heterocycles. The van der Waals surface area contributed by atoms with Crippen molar-refractivity contribution < 1.29 is 19.4 Å². The van der Waals surface area contributed by atoms with Gasteiger partial charge < -0.3 is 20.1 Å². The first-order chi connectivity index (χ1) is 10.5. The normalized spacial score (nSPS) is 27.3. The molecule has 0 unspecified atom stereocenters. The Bertz CT molecular complexity index is 592. The van der Waals surface area contributed by atoms with E-state index in [1.807, 2.05) is 0 Å². The number of halogens is 1. The summed E-state index contributed by atoms with van der Waals surface area (Å²) in [5, 5.41) is 12.9. The number of nitrogens with zero attached hydrogens (tertiary/aromatic N) is 1. The number of fused-ring (bicyclic) bond motifs is 1. The van der Waals surface area contributed by atoms with Gasteiger partial charge in [0.2, 0.25) is 0 Å². The highest BCUT2D eigenvalue weighted by molar-refractivity contribution is 6.30. The summed E-state index contributed by atoms with van der Waals surface area (Å²) in [5.41, 5.74) is -0.347. The molecule has 7 heteroatoms. The summed E-state index contributed by atoms with van der Waals surface area (Å²) < 4.78 is 5.35. The van der Waals surface area contributed by atoms with Crippen molar-refractivity contribution >= 4 is 29.3 Å². The molecule has 22 heavy (non-hydrogen) atoms. The number of amides is 2. The topological polar surface area (TPSA) is 78.9 Å². The molecule has 2 amide bonds. The fourth-order valence-corrected chi connectivity index (χ4v) is 3.31. The average molecular weight is 325 g/mol. The quantitative estimate of drug-likeness (QED) is 0.875. The number of hydrogen-bond donors (Lipinski definition) is 2. The summed E-state index contributed by atoms with van der Waals surface area (Å²) in [7, 11) is 0. The fourth-order valence-electron chi connectivity index (χ4n) is 3.18. The molecule has 1 aromatic carbocycles. The molecule has 0 radical (unpaired) electrons. The molecule has 2 atom stereocenters. The number of aliphatic carboxylic acids is 1. The summed E-state index contributed by atoms with van der Waals surface area (Å²) in [4.78, 5) is 25.6. The van der Waals surface area contributed by atoms with E-state index < -0.39 is 11.4 Å². The summed E-state index contributed by atoms with van der Waals surface area (Å²) in [6.07, 6.45) is 0.664. The number of benzene rings is 1. The van der Waals surface area contributed by atoms with Crippen molar-refractivity contribution in [3.63, 3.8) is 0 Å². The van der Waals surface area contributed by atoms with E-state index in [0.29, 0.717) is 30.3 Å². The van der Waals surface area contributed by atoms with Crippen molar-refractivity contribution in [3.05, 3.63) is 29.3 Å². The van der Waals surface area contributed by atoms with Gasteiger partial charge in [0.25, 0.3) is 0 Å². The standard InChI is InChI=1S/C15H17ClN2O4/c16-11-1-3-12(4-2-11)17-14(21)18-7-10-5-6-22-9-15(10,8-18)13(19)20/h1-4,10H,5-9H2,(H,17,21)(H,19,20)/t10-,15+/m0/s1. The Balaban J connectivity index is 1.72. The monoisotopic (exact) mass is 324 g/mol. The first-order valence-corrected chi connectivity index (χ1v) is 7.52. The highest BCUT2D eigenvalue weighted by Gasteiger charge is 2.55. The van der Waals surface area contributed by atoms with Gasteiger partial charge in [-0.1, -0.05) is 11.6 Å². The molecule has 2 heterocycles. The molecule has 2 aliphatic rings. The van der Waals surface area contributed by atoms with Crippen LogP contribution in [-0.4, -0.2) is 48.3 Å². The lowest BCUT2D eigenvalue weighted by molar-refractivity contribution is -0.159. The maximum absolute atomic E-state index is 12.4. The van der Waals surface area contributed by atoms with Crippen molar-refractivity contribution in [2.24, 2.45) is 11.3 Å². The molecular weight excluding hydrogens is 308 g/mol. The van der Waals surface area contributed by atoms with Crippen LogP contribution in [0.5, 0.6) is 0 Å². The number of nitrogens with one attached hydrogen (secondary N) is 1. The lowest BCUT2D eigenvalue weighted by Crippen LogP contribution is -2.46. The first-order valence-electron chi connectivity index (χ1n) is 7.14. The van der Waals surface area contributed by atoms with E-state index in [-0.39, 0.29) is 25.1 Å². The average Bonchev–Trinajstić information content (AvgIpc) is 2.91. The number of ether oxygens (including phenoxy) is 1. The third-order valence-corrected chi connectivity index (χ3v) is 4.73. The second-order valence-corrected chi connectivity index (χ2v) is 6.25. The van der Waals surface area contributed by atoms with Crippen molar-refractivity contribution in [3.8, 4) is 0 Å². The number of hydrogen-bond acceptors (Lipinski definition) is 3. The first kappa shape index (κ1) is 15.1. The van der Waals surface area contributed by atoms with Crippen LogP contribution in [0.3, 0.4) is 0 Å². The fraction of sp³-hybridized carbons (Fsp3) is 0.467. The number of anilines is 1. The molecule has 1 aromatic rings. The Morgan fingerprint density at radius 1 is 1.36 bits per heavy atom. The molecule has 2 saturated heterocycles. The smallest absolute Gasteiger partial charge is 0.321 e. The van der Waals surface area contributed by atoms with Crippen LogP contribution in [-0.2, 0) is 9.53 Å². The van der Waals surface area contributed by atoms with Crippen molar-refractivity contribution in [1.29, 1.82) is 0 Å². The number of carbonyl (C=O) groups excluding carboxylic acids is 1. The van der Waals surface area contributed by atoms with E-state index in [4.69, 9.17) is 16.3 Å². The Morgan fingerprint density at radius 2 is 2.09 bits per heavy atom. The maximum Gasteiger partial charge on any atom is 0.321 e. The van der Waals surface area contributed by atoms with E-state index in [1.165, 1.54) is 0 Å². The minimum atomic E-state index is -0.977. The van der Waals surface area contributed by atoms with E-state index in [1.54, 1.807) is 29.2 Å². The summed E-state index contributed by atoms with van der Waals surface area (Å²) in [5.74, 6) is -0.950. The third-order valence-electron chi connectivity index (χ3n) is 4.47. The predicted octanol–water partition coefficient (Wildman–Crippen LogP) is 2.29. The number of rotatable bonds is 2. The Hall–Kier alpha value is -1.79. The molecule has 0 saturated carbocycles. The Labute approximate surface area is 133 Å². The van der Waals surface area contributed by atoms with Gasteiger partial charge in [0, 0.05) is 30.4 Å². The van der Waals surface area contributed by atoms with E-state index in [2.05, 4.69) is 5.32 Å². The van der Waals surface area contributed by atoms with Crippen LogP contribution in [0.1, 0.15) is 6.42 Å². The van der Waals surface area contributed by atoms with E-state index in [9.17, 15) is 14.7 Å². The summed E-state index contributed by atoms with van der Waals surface area (Å²) in [6.45, 7) is 1.32. The minimum absolute atomic E-state index is 0.0604. The van der Waals surface area contributed by atoms with Gasteiger partial charge in [0.1, 0.15) is 5.41 Å². The van der Waals surface area contributed by atoms with Crippen LogP contribution in [0, 0.1) is 11.3 Å². The molecule has 6 nitrogen and oxygen atoms in total.